The molecule has 2 atom stereocenters. The molecule has 3 rings (SSSR count). The molecule has 1 saturated carbocycles. The lowest BCUT2D eigenvalue weighted by Crippen LogP contribution is -2.34. The van der Waals surface area contributed by atoms with Crippen LogP contribution in [0.1, 0.15) is 51.2 Å². The molecule has 2 bridgehead atoms. The quantitative estimate of drug-likeness (QED) is 0.817. The molecule has 116 valence electrons. The van der Waals surface area contributed by atoms with Crippen molar-refractivity contribution in [2.75, 3.05) is 13.7 Å². The van der Waals surface area contributed by atoms with Crippen molar-refractivity contribution in [1.82, 2.24) is 4.90 Å². The Hall–Kier alpha value is -1.02. The van der Waals surface area contributed by atoms with E-state index in [0.29, 0.717) is 10.8 Å². The molecule has 1 aliphatic heterocycles. The normalized spacial score (nSPS) is 31.4. The summed E-state index contributed by atoms with van der Waals surface area (Å²) in [5.74, 6) is 0.993. The number of ether oxygens (including phenoxy) is 1. The van der Waals surface area contributed by atoms with Crippen LogP contribution in [0.15, 0.2) is 18.2 Å². The molecule has 1 aromatic rings. The maximum Gasteiger partial charge on any atom is 0.121 e. The van der Waals surface area contributed by atoms with Gasteiger partial charge in [-0.1, -0.05) is 32.9 Å². The third kappa shape index (κ3) is 2.96. The molecule has 1 saturated heterocycles. The van der Waals surface area contributed by atoms with Crippen LogP contribution in [0.25, 0.3) is 0 Å². The second kappa shape index (κ2) is 5.01. The second-order valence-electron chi connectivity index (χ2n) is 8.42. The first-order valence-electron chi connectivity index (χ1n) is 8.18. The first kappa shape index (κ1) is 14.9. The summed E-state index contributed by atoms with van der Waals surface area (Å²) < 4.78 is 5.37. The minimum absolute atomic E-state index is 0.502. The Bertz CT molecular complexity index is 536. The molecular weight excluding hydrogens is 258 g/mol. The number of hydrogen-bond acceptors (Lipinski definition) is 2. The largest absolute Gasteiger partial charge is 0.496 e. The van der Waals surface area contributed by atoms with Crippen molar-refractivity contribution in [3.8, 4) is 5.75 Å². The Labute approximate surface area is 129 Å². The summed E-state index contributed by atoms with van der Waals surface area (Å²) in [4.78, 5) is 2.72. The number of rotatable bonds is 3. The van der Waals surface area contributed by atoms with E-state index >= 15 is 0 Å². The molecule has 0 N–H and O–H groups in total. The van der Waals surface area contributed by atoms with Crippen LogP contribution in [-0.2, 0) is 6.54 Å². The van der Waals surface area contributed by atoms with Crippen LogP contribution in [0, 0.1) is 17.8 Å². The zero-order valence-electron chi connectivity index (χ0n) is 14.2. The van der Waals surface area contributed by atoms with E-state index in [1.807, 2.05) is 0 Å². The third-order valence-electron chi connectivity index (χ3n) is 5.37. The minimum atomic E-state index is 0.502. The highest BCUT2D eigenvalue weighted by molar-refractivity contribution is 5.36. The second-order valence-corrected chi connectivity index (χ2v) is 8.42. The molecule has 0 amide bonds. The van der Waals surface area contributed by atoms with Crippen LogP contribution < -0.4 is 4.74 Å². The molecule has 2 aliphatic rings. The van der Waals surface area contributed by atoms with Gasteiger partial charge in [-0.2, -0.15) is 0 Å². The van der Waals surface area contributed by atoms with E-state index in [1.165, 1.54) is 36.9 Å². The molecule has 21 heavy (non-hydrogen) atoms. The predicted molar refractivity (Wildman–Crippen MR) is 87.7 cm³/mol. The molecule has 0 radical (unpaired) electrons. The molecule has 1 aliphatic carbocycles. The van der Waals surface area contributed by atoms with Crippen molar-refractivity contribution >= 4 is 0 Å². The van der Waals surface area contributed by atoms with Crippen LogP contribution in [0.4, 0.5) is 0 Å². The lowest BCUT2D eigenvalue weighted by atomic mass is 9.65. The molecule has 2 nitrogen and oxygen atoms in total. The first-order chi connectivity index (χ1) is 9.80. The van der Waals surface area contributed by atoms with Crippen LogP contribution in [0.3, 0.4) is 0 Å². The molecule has 1 heterocycles. The Morgan fingerprint density at radius 3 is 2.67 bits per heavy atom. The molecule has 2 heteroatoms. The summed E-state index contributed by atoms with van der Waals surface area (Å²) in [6, 6.07) is 7.38. The fourth-order valence-electron chi connectivity index (χ4n) is 5.03. The molecule has 0 spiro atoms. The summed E-state index contributed by atoms with van der Waals surface area (Å²) in [6.07, 6.45) is 4.10. The van der Waals surface area contributed by atoms with Gasteiger partial charge >= 0.3 is 0 Å². The first-order valence-corrected chi connectivity index (χ1v) is 8.18. The fraction of sp³-hybridized carbons (Fsp3) is 0.684. The highest BCUT2D eigenvalue weighted by Gasteiger charge is 2.49. The highest BCUT2D eigenvalue weighted by atomic mass is 16.5. The summed E-state index contributed by atoms with van der Waals surface area (Å²) in [5, 5.41) is 0. The van der Waals surface area contributed by atoms with E-state index < -0.39 is 0 Å². The van der Waals surface area contributed by atoms with Crippen molar-refractivity contribution in [3.05, 3.63) is 29.3 Å². The van der Waals surface area contributed by atoms with Gasteiger partial charge in [0.25, 0.3) is 0 Å². The van der Waals surface area contributed by atoms with Crippen molar-refractivity contribution in [2.24, 2.45) is 10.8 Å². The van der Waals surface area contributed by atoms with Gasteiger partial charge in [0.1, 0.15) is 5.75 Å². The van der Waals surface area contributed by atoms with Gasteiger partial charge in [-0.15, -0.1) is 0 Å². The zero-order valence-corrected chi connectivity index (χ0v) is 14.2. The average molecular weight is 287 g/mol. The Morgan fingerprint density at radius 2 is 2.00 bits per heavy atom. The van der Waals surface area contributed by atoms with E-state index in [-0.39, 0.29) is 0 Å². The van der Waals surface area contributed by atoms with Crippen molar-refractivity contribution in [1.29, 1.82) is 0 Å². The van der Waals surface area contributed by atoms with Gasteiger partial charge in [0.05, 0.1) is 7.11 Å². The Balaban J connectivity index is 1.76. The van der Waals surface area contributed by atoms with Gasteiger partial charge in [0.15, 0.2) is 0 Å². The number of likely N-dealkylation sites (tertiary alicyclic amines) is 1. The van der Waals surface area contributed by atoms with Gasteiger partial charge in [-0.25, -0.2) is 0 Å². The fourth-order valence-corrected chi connectivity index (χ4v) is 5.03. The maximum atomic E-state index is 5.37. The van der Waals surface area contributed by atoms with Gasteiger partial charge in [0.2, 0.25) is 0 Å². The van der Waals surface area contributed by atoms with E-state index in [2.05, 4.69) is 50.8 Å². The van der Waals surface area contributed by atoms with Crippen molar-refractivity contribution in [3.63, 3.8) is 0 Å². The minimum Gasteiger partial charge on any atom is -0.496 e. The van der Waals surface area contributed by atoms with Gasteiger partial charge in [-0.3, -0.25) is 4.90 Å². The number of fused-ring (bicyclic) bond motifs is 2. The molecule has 0 aromatic heterocycles. The average Bonchev–Trinajstić information content (AvgIpc) is 2.58. The van der Waals surface area contributed by atoms with Gasteiger partial charge < -0.3 is 4.74 Å². The van der Waals surface area contributed by atoms with Gasteiger partial charge in [0, 0.05) is 19.1 Å². The number of aryl methyl sites for hydroxylation is 1. The van der Waals surface area contributed by atoms with Crippen LogP contribution in [0.5, 0.6) is 5.75 Å². The topological polar surface area (TPSA) is 12.5 Å². The monoisotopic (exact) mass is 287 g/mol. The molecular formula is C19H29NO. The smallest absolute Gasteiger partial charge is 0.121 e. The lowest BCUT2D eigenvalue weighted by molar-refractivity contribution is 0.126. The highest BCUT2D eigenvalue weighted by Crippen LogP contribution is 2.52. The van der Waals surface area contributed by atoms with Crippen molar-refractivity contribution < 1.29 is 4.74 Å². The molecule has 2 unspecified atom stereocenters. The van der Waals surface area contributed by atoms with Gasteiger partial charge in [-0.05, 0) is 54.2 Å². The number of benzene rings is 1. The lowest BCUT2D eigenvalue weighted by Gasteiger charge is -2.40. The third-order valence-corrected chi connectivity index (χ3v) is 5.37. The van der Waals surface area contributed by atoms with Crippen LogP contribution in [0.2, 0.25) is 0 Å². The Morgan fingerprint density at radius 1 is 1.24 bits per heavy atom. The molecule has 1 aromatic carbocycles. The number of nitrogens with zero attached hydrogens (tertiary/aromatic N) is 1. The summed E-state index contributed by atoms with van der Waals surface area (Å²) >= 11 is 0. The van der Waals surface area contributed by atoms with E-state index in [4.69, 9.17) is 4.74 Å². The van der Waals surface area contributed by atoms with E-state index in [9.17, 15) is 0 Å². The number of hydrogen-bond donors (Lipinski definition) is 0. The van der Waals surface area contributed by atoms with Crippen molar-refractivity contribution in [2.45, 2.75) is 59.5 Å². The summed E-state index contributed by atoms with van der Waals surface area (Å²) in [5.41, 5.74) is 3.68. The summed E-state index contributed by atoms with van der Waals surface area (Å²) in [7, 11) is 1.74. The standard InChI is InChI=1S/C19H29NO/c1-14-8-15(6-7-17(14)21-5)11-20-13-19(4)10-16(20)9-18(2,3)12-19/h6-8,16H,9-13H2,1-5H3. The van der Waals surface area contributed by atoms with Crippen LogP contribution >= 0.6 is 0 Å². The number of methoxy groups -OCH3 is 1. The van der Waals surface area contributed by atoms with E-state index in [0.717, 1.165) is 18.3 Å². The summed E-state index contributed by atoms with van der Waals surface area (Å²) in [6.45, 7) is 11.8. The predicted octanol–water partition coefficient (Wildman–Crippen LogP) is 4.40. The van der Waals surface area contributed by atoms with Crippen LogP contribution in [-0.4, -0.2) is 24.6 Å². The SMILES string of the molecule is COc1ccc(CN2CC3(C)CC2CC(C)(C)C3)cc1C. The Kier molecular flexibility index (Phi) is 3.56. The maximum absolute atomic E-state index is 5.37. The zero-order chi connectivity index (χ0) is 15.3. The molecule has 2 fully saturated rings. The van der Waals surface area contributed by atoms with E-state index in [1.54, 1.807) is 7.11 Å².